The average molecular weight is 135 g/mol. The minimum atomic E-state index is 0.774. The number of hydrogen-bond acceptors (Lipinski definition) is 3. The van der Waals surface area contributed by atoms with Crippen molar-refractivity contribution in [1.82, 2.24) is 9.80 Å². The molecule has 0 N–H and O–H groups in total. The van der Waals surface area contributed by atoms with E-state index in [2.05, 4.69) is 16.1 Å². The van der Waals surface area contributed by atoms with Crippen LogP contribution in [-0.4, -0.2) is 29.7 Å². The summed E-state index contributed by atoms with van der Waals surface area (Å²) in [5.74, 6) is 0. The molecule has 2 rings (SSSR count). The highest BCUT2D eigenvalue weighted by atomic mass is 15.3. The summed E-state index contributed by atoms with van der Waals surface area (Å²) < 4.78 is 0. The summed E-state index contributed by atoms with van der Waals surface area (Å²) in [5.41, 5.74) is 1.17. The van der Waals surface area contributed by atoms with Crippen molar-refractivity contribution in [2.75, 3.05) is 13.7 Å². The minimum absolute atomic E-state index is 0.774. The van der Waals surface area contributed by atoms with Crippen LogP contribution >= 0.6 is 0 Å². The average Bonchev–Trinajstić information content (AvgIpc) is 2.33. The molecule has 3 nitrogen and oxygen atoms in total. The van der Waals surface area contributed by atoms with E-state index in [9.17, 15) is 0 Å². The monoisotopic (exact) mass is 135 g/mol. The van der Waals surface area contributed by atoms with E-state index >= 15 is 0 Å². The van der Waals surface area contributed by atoms with E-state index in [0.717, 1.165) is 6.67 Å². The lowest BCUT2D eigenvalue weighted by atomic mass is 10.4. The first-order valence-corrected chi connectivity index (χ1v) is 3.25. The molecule has 0 aromatic heterocycles. The van der Waals surface area contributed by atoms with E-state index in [4.69, 9.17) is 0 Å². The molecule has 0 radical (unpaired) electrons. The van der Waals surface area contributed by atoms with Crippen molar-refractivity contribution < 1.29 is 0 Å². The van der Waals surface area contributed by atoms with Gasteiger partial charge in [-0.25, -0.2) is 0 Å². The second-order valence-electron chi connectivity index (χ2n) is 2.44. The minimum Gasteiger partial charge on any atom is -0.354 e. The fourth-order valence-electron chi connectivity index (χ4n) is 1.06. The van der Waals surface area contributed by atoms with Crippen LogP contribution < -0.4 is 0 Å². The van der Waals surface area contributed by atoms with Crippen molar-refractivity contribution in [3.05, 3.63) is 24.3 Å². The number of allylic oxidation sites excluding steroid dienone is 1. The summed E-state index contributed by atoms with van der Waals surface area (Å²) in [6.45, 7) is 0.774. The lowest BCUT2D eigenvalue weighted by Crippen LogP contribution is -2.19. The van der Waals surface area contributed by atoms with Gasteiger partial charge >= 0.3 is 0 Å². The zero-order valence-corrected chi connectivity index (χ0v) is 5.86. The topological polar surface area (TPSA) is 18.8 Å². The highest BCUT2D eigenvalue weighted by Crippen LogP contribution is 2.14. The van der Waals surface area contributed by atoms with Crippen LogP contribution in [0.4, 0.5) is 0 Å². The summed E-state index contributed by atoms with van der Waals surface area (Å²) >= 11 is 0. The van der Waals surface area contributed by atoms with Crippen LogP contribution in [0.2, 0.25) is 0 Å². The lowest BCUT2D eigenvalue weighted by Gasteiger charge is -2.21. The molecule has 0 aromatic carbocycles. The predicted molar refractivity (Wildman–Crippen MR) is 40.2 cm³/mol. The van der Waals surface area contributed by atoms with E-state index in [1.807, 2.05) is 30.6 Å². The standard InChI is InChI=1S/C7H9N3/c1-9-2-3-10-6-8-4-7(10)5-9/h2-5H,6H2,1H3. The van der Waals surface area contributed by atoms with Crippen LogP contribution in [0.3, 0.4) is 0 Å². The Morgan fingerprint density at radius 2 is 2.40 bits per heavy atom. The Morgan fingerprint density at radius 1 is 1.50 bits per heavy atom. The molecule has 0 atom stereocenters. The fraction of sp³-hybridized carbons (Fsp3) is 0.286. The van der Waals surface area contributed by atoms with Crippen molar-refractivity contribution in [1.29, 1.82) is 0 Å². The van der Waals surface area contributed by atoms with Crippen molar-refractivity contribution in [2.24, 2.45) is 4.99 Å². The molecule has 10 heavy (non-hydrogen) atoms. The van der Waals surface area contributed by atoms with Gasteiger partial charge < -0.3 is 9.80 Å². The molecule has 0 saturated carbocycles. The van der Waals surface area contributed by atoms with Crippen molar-refractivity contribution in [3.8, 4) is 0 Å². The van der Waals surface area contributed by atoms with Gasteiger partial charge in [-0.2, -0.15) is 0 Å². The van der Waals surface area contributed by atoms with Crippen LogP contribution in [-0.2, 0) is 0 Å². The van der Waals surface area contributed by atoms with Gasteiger partial charge in [-0.1, -0.05) is 0 Å². The Labute approximate surface area is 60.0 Å². The number of fused-ring (bicyclic) bond motifs is 1. The first-order chi connectivity index (χ1) is 4.86. The Morgan fingerprint density at radius 3 is 3.30 bits per heavy atom. The molecular formula is C7H9N3. The van der Waals surface area contributed by atoms with E-state index < -0.39 is 0 Å². The fourth-order valence-corrected chi connectivity index (χ4v) is 1.06. The van der Waals surface area contributed by atoms with E-state index in [1.54, 1.807) is 0 Å². The molecular weight excluding hydrogens is 126 g/mol. The molecule has 3 heteroatoms. The largest absolute Gasteiger partial charge is 0.354 e. The van der Waals surface area contributed by atoms with Crippen LogP contribution in [0.1, 0.15) is 0 Å². The van der Waals surface area contributed by atoms with Gasteiger partial charge in [0.2, 0.25) is 0 Å². The molecule has 0 unspecified atom stereocenters. The normalized spacial score (nSPS) is 21.5. The quantitative estimate of drug-likeness (QED) is 0.484. The molecule has 0 aliphatic carbocycles. The van der Waals surface area contributed by atoms with Gasteiger partial charge in [0.15, 0.2) is 0 Å². The third-order valence-electron chi connectivity index (χ3n) is 1.61. The molecule has 0 saturated heterocycles. The molecule has 0 bridgehead atoms. The van der Waals surface area contributed by atoms with E-state index in [1.165, 1.54) is 5.70 Å². The molecule has 0 amide bonds. The van der Waals surface area contributed by atoms with E-state index in [-0.39, 0.29) is 0 Å². The molecule has 0 fully saturated rings. The Balaban J connectivity index is 2.28. The predicted octanol–water partition coefficient (Wildman–Crippen LogP) is 0.588. The number of hydrogen-bond donors (Lipinski definition) is 0. The highest BCUT2D eigenvalue weighted by Gasteiger charge is 2.12. The Hall–Kier alpha value is -1.25. The SMILES string of the molecule is CN1C=CN2CN=CC2=C1. The summed E-state index contributed by atoms with van der Waals surface area (Å²) in [4.78, 5) is 8.23. The Bertz CT molecular complexity index is 227. The second-order valence-corrected chi connectivity index (χ2v) is 2.44. The van der Waals surface area contributed by atoms with Gasteiger partial charge in [0.1, 0.15) is 6.67 Å². The third kappa shape index (κ3) is 0.708. The van der Waals surface area contributed by atoms with Crippen LogP contribution in [0.25, 0.3) is 0 Å². The maximum atomic E-state index is 4.12. The maximum absolute atomic E-state index is 4.12. The number of nitrogens with zero attached hydrogens (tertiary/aromatic N) is 3. The van der Waals surface area contributed by atoms with Gasteiger partial charge in [-0.15, -0.1) is 0 Å². The lowest BCUT2D eigenvalue weighted by molar-refractivity contribution is 0.467. The van der Waals surface area contributed by atoms with Gasteiger partial charge in [-0.3, -0.25) is 4.99 Å². The summed E-state index contributed by atoms with van der Waals surface area (Å²) in [6.07, 6.45) is 7.98. The van der Waals surface area contributed by atoms with Crippen LogP contribution in [0.5, 0.6) is 0 Å². The molecule has 0 spiro atoms. The molecule has 52 valence electrons. The molecule has 2 aliphatic rings. The number of rotatable bonds is 0. The summed E-state index contributed by atoms with van der Waals surface area (Å²) in [7, 11) is 2.01. The Kier molecular flexibility index (Phi) is 1.03. The number of aliphatic imine (C=N–C) groups is 1. The van der Waals surface area contributed by atoms with Crippen LogP contribution in [0, 0.1) is 0 Å². The smallest absolute Gasteiger partial charge is 0.114 e. The van der Waals surface area contributed by atoms with Gasteiger partial charge in [0.05, 0.1) is 5.70 Å². The zero-order valence-electron chi connectivity index (χ0n) is 5.86. The first kappa shape index (κ1) is 5.53. The van der Waals surface area contributed by atoms with Crippen molar-refractivity contribution in [2.45, 2.75) is 0 Å². The highest BCUT2D eigenvalue weighted by molar-refractivity contribution is 5.80. The first-order valence-electron chi connectivity index (χ1n) is 3.25. The third-order valence-corrected chi connectivity index (χ3v) is 1.61. The molecule has 2 aliphatic heterocycles. The maximum Gasteiger partial charge on any atom is 0.114 e. The van der Waals surface area contributed by atoms with Gasteiger partial charge in [0, 0.05) is 31.9 Å². The second kappa shape index (κ2) is 1.87. The zero-order chi connectivity index (χ0) is 6.97. The molecule has 0 aromatic rings. The van der Waals surface area contributed by atoms with Crippen molar-refractivity contribution >= 4 is 6.21 Å². The summed E-state index contributed by atoms with van der Waals surface area (Å²) in [5, 5.41) is 0. The van der Waals surface area contributed by atoms with Crippen molar-refractivity contribution in [3.63, 3.8) is 0 Å². The van der Waals surface area contributed by atoms with E-state index in [0.29, 0.717) is 0 Å². The van der Waals surface area contributed by atoms with Crippen LogP contribution in [0.15, 0.2) is 29.3 Å². The summed E-state index contributed by atoms with van der Waals surface area (Å²) in [6, 6.07) is 0. The van der Waals surface area contributed by atoms with Gasteiger partial charge in [0.25, 0.3) is 0 Å². The molecule has 2 heterocycles. The van der Waals surface area contributed by atoms with Gasteiger partial charge in [-0.05, 0) is 0 Å².